The second-order valence-electron chi connectivity index (χ2n) is 5.38. The molecule has 2 aliphatic rings. The number of nitrogens with two attached hydrogens (primary N) is 1. The molecule has 0 amide bonds. The molecule has 1 saturated carbocycles. The van der Waals surface area contributed by atoms with E-state index in [0.29, 0.717) is 0 Å². The van der Waals surface area contributed by atoms with Gasteiger partial charge in [-0.05, 0) is 57.1 Å². The maximum absolute atomic E-state index is 6.15. The van der Waals surface area contributed by atoms with E-state index in [4.69, 9.17) is 5.73 Å². The van der Waals surface area contributed by atoms with E-state index in [0.717, 1.165) is 0 Å². The lowest BCUT2D eigenvalue weighted by Crippen LogP contribution is -2.22. The van der Waals surface area contributed by atoms with Crippen LogP contribution in [-0.4, -0.2) is 10.1 Å². The molecule has 0 bridgehead atoms. The van der Waals surface area contributed by atoms with Crippen LogP contribution in [0.1, 0.15) is 42.6 Å². The fourth-order valence-corrected chi connectivity index (χ4v) is 2.81. The summed E-state index contributed by atoms with van der Waals surface area (Å²) in [5.74, 6) is 0. The molecule has 2 nitrogen and oxygen atoms in total. The molecular weight excluding hydrogens is 184 g/mol. The number of hydrogen-bond acceptors (Lipinski definition) is 1. The van der Waals surface area contributed by atoms with Gasteiger partial charge in [0.25, 0.3) is 0 Å². The second-order valence-corrected chi connectivity index (χ2v) is 5.38. The van der Waals surface area contributed by atoms with Crippen molar-refractivity contribution in [2.75, 3.05) is 0 Å². The van der Waals surface area contributed by atoms with Crippen molar-refractivity contribution in [3.8, 4) is 0 Å². The Balaban J connectivity index is 1.78. The van der Waals surface area contributed by atoms with Crippen molar-refractivity contribution >= 4 is 0 Å². The quantitative estimate of drug-likeness (QED) is 0.803. The van der Waals surface area contributed by atoms with E-state index in [1.807, 2.05) is 0 Å². The molecule has 82 valence electrons. The van der Waals surface area contributed by atoms with Gasteiger partial charge in [0, 0.05) is 23.5 Å². The van der Waals surface area contributed by atoms with E-state index in [1.165, 1.54) is 50.6 Å². The summed E-state index contributed by atoms with van der Waals surface area (Å²) in [4.78, 5) is 0. The smallest absolute Gasteiger partial charge is 0.0228 e. The Bertz CT molecular complexity index is 385. The topological polar surface area (TPSA) is 30.9 Å². The molecule has 0 radical (unpaired) electrons. The summed E-state index contributed by atoms with van der Waals surface area (Å²) in [5, 5.41) is 0. The zero-order valence-electron chi connectivity index (χ0n) is 9.55. The Labute approximate surface area is 91.5 Å². The van der Waals surface area contributed by atoms with Gasteiger partial charge in [-0.15, -0.1) is 0 Å². The molecule has 1 aliphatic heterocycles. The highest BCUT2D eigenvalue weighted by atomic mass is 15.0. The van der Waals surface area contributed by atoms with E-state index in [2.05, 4.69) is 17.6 Å². The zero-order valence-corrected chi connectivity index (χ0v) is 9.55. The fourth-order valence-electron chi connectivity index (χ4n) is 2.81. The van der Waals surface area contributed by atoms with Gasteiger partial charge in [0.05, 0.1) is 0 Å². The van der Waals surface area contributed by atoms with Crippen LogP contribution >= 0.6 is 0 Å². The standard InChI is InChI=1S/C13H20N2/c1-10-9-11-3-2-8-15(11)12(10)4-5-13(14)6-7-13/h9H,2-8,14H2,1H3. The molecule has 1 aromatic heterocycles. The van der Waals surface area contributed by atoms with Gasteiger partial charge >= 0.3 is 0 Å². The van der Waals surface area contributed by atoms with Crippen LogP contribution in [0.4, 0.5) is 0 Å². The Morgan fingerprint density at radius 3 is 3.00 bits per heavy atom. The summed E-state index contributed by atoms with van der Waals surface area (Å²) < 4.78 is 2.53. The van der Waals surface area contributed by atoms with E-state index in [1.54, 1.807) is 11.4 Å². The van der Waals surface area contributed by atoms with Crippen LogP contribution in [0, 0.1) is 6.92 Å². The SMILES string of the molecule is Cc1cc2n(c1CCC1(N)CC1)CCC2. The van der Waals surface area contributed by atoms with Gasteiger partial charge in [-0.2, -0.15) is 0 Å². The Morgan fingerprint density at radius 2 is 2.27 bits per heavy atom. The number of fused-ring (bicyclic) bond motifs is 1. The highest BCUT2D eigenvalue weighted by Crippen LogP contribution is 2.37. The number of rotatable bonds is 3. The first-order chi connectivity index (χ1) is 7.18. The first kappa shape index (κ1) is 9.46. The monoisotopic (exact) mass is 204 g/mol. The van der Waals surface area contributed by atoms with E-state index >= 15 is 0 Å². The zero-order chi connectivity index (χ0) is 10.5. The maximum atomic E-state index is 6.15. The molecule has 1 fully saturated rings. The Morgan fingerprint density at radius 1 is 1.47 bits per heavy atom. The lowest BCUT2D eigenvalue weighted by Gasteiger charge is -2.11. The minimum Gasteiger partial charge on any atom is -0.348 e. The van der Waals surface area contributed by atoms with Crippen LogP contribution < -0.4 is 5.73 Å². The molecule has 2 heterocycles. The van der Waals surface area contributed by atoms with E-state index in [-0.39, 0.29) is 5.54 Å². The molecule has 0 saturated heterocycles. The molecule has 2 heteroatoms. The minimum atomic E-state index is 0.204. The second kappa shape index (κ2) is 3.11. The highest BCUT2D eigenvalue weighted by molar-refractivity contribution is 5.29. The normalized spacial score (nSPS) is 21.7. The predicted molar refractivity (Wildman–Crippen MR) is 62.0 cm³/mol. The molecule has 1 aromatic rings. The van der Waals surface area contributed by atoms with Crippen LogP contribution in [0.3, 0.4) is 0 Å². The first-order valence-electron chi connectivity index (χ1n) is 6.15. The minimum absolute atomic E-state index is 0.204. The lowest BCUT2D eigenvalue weighted by atomic mass is 10.1. The summed E-state index contributed by atoms with van der Waals surface area (Å²) in [5.41, 5.74) is 10.9. The van der Waals surface area contributed by atoms with Gasteiger partial charge in [0.1, 0.15) is 0 Å². The molecule has 3 rings (SSSR count). The van der Waals surface area contributed by atoms with Crippen LogP contribution in [0.25, 0.3) is 0 Å². The van der Waals surface area contributed by atoms with Crippen LogP contribution in [0.5, 0.6) is 0 Å². The van der Waals surface area contributed by atoms with Gasteiger partial charge in [-0.1, -0.05) is 0 Å². The number of nitrogens with zero attached hydrogens (tertiary/aromatic N) is 1. The fraction of sp³-hybridized carbons (Fsp3) is 0.692. The predicted octanol–water partition coefficient (Wildman–Crippen LogP) is 2.17. The largest absolute Gasteiger partial charge is 0.348 e. The third kappa shape index (κ3) is 1.61. The molecule has 1 aliphatic carbocycles. The Hall–Kier alpha value is -0.760. The van der Waals surface area contributed by atoms with Crippen molar-refractivity contribution in [2.45, 2.75) is 57.5 Å². The van der Waals surface area contributed by atoms with Crippen molar-refractivity contribution in [2.24, 2.45) is 5.73 Å². The van der Waals surface area contributed by atoms with Crippen molar-refractivity contribution in [3.05, 3.63) is 23.0 Å². The number of aryl methyl sites for hydroxylation is 2. The molecule has 0 aromatic carbocycles. The molecular formula is C13H20N2. The van der Waals surface area contributed by atoms with Crippen LogP contribution in [0.15, 0.2) is 6.07 Å². The number of hydrogen-bond donors (Lipinski definition) is 1. The van der Waals surface area contributed by atoms with Crippen LogP contribution in [-0.2, 0) is 19.4 Å². The van der Waals surface area contributed by atoms with Crippen LogP contribution in [0.2, 0.25) is 0 Å². The van der Waals surface area contributed by atoms with Gasteiger partial charge in [0.2, 0.25) is 0 Å². The summed E-state index contributed by atoms with van der Waals surface area (Å²) in [6.45, 7) is 3.48. The summed E-state index contributed by atoms with van der Waals surface area (Å²) in [7, 11) is 0. The third-order valence-corrected chi connectivity index (χ3v) is 4.08. The first-order valence-corrected chi connectivity index (χ1v) is 6.15. The maximum Gasteiger partial charge on any atom is 0.0228 e. The third-order valence-electron chi connectivity index (χ3n) is 4.08. The summed E-state index contributed by atoms with van der Waals surface area (Å²) in [6.07, 6.45) is 7.43. The van der Waals surface area contributed by atoms with Crippen molar-refractivity contribution < 1.29 is 0 Å². The van der Waals surface area contributed by atoms with E-state index < -0.39 is 0 Å². The van der Waals surface area contributed by atoms with Gasteiger partial charge in [-0.25, -0.2) is 0 Å². The van der Waals surface area contributed by atoms with E-state index in [9.17, 15) is 0 Å². The average molecular weight is 204 g/mol. The van der Waals surface area contributed by atoms with Gasteiger partial charge in [-0.3, -0.25) is 0 Å². The van der Waals surface area contributed by atoms with Crippen molar-refractivity contribution in [1.82, 2.24) is 4.57 Å². The van der Waals surface area contributed by atoms with Gasteiger partial charge in [0.15, 0.2) is 0 Å². The summed E-state index contributed by atoms with van der Waals surface area (Å²) in [6, 6.07) is 2.37. The van der Waals surface area contributed by atoms with Crippen molar-refractivity contribution in [1.29, 1.82) is 0 Å². The van der Waals surface area contributed by atoms with Gasteiger partial charge < -0.3 is 10.3 Å². The average Bonchev–Trinajstić information content (AvgIpc) is 2.65. The number of aromatic nitrogens is 1. The molecule has 0 unspecified atom stereocenters. The van der Waals surface area contributed by atoms with Crippen molar-refractivity contribution in [3.63, 3.8) is 0 Å². The highest BCUT2D eigenvalue weighted by Gasteiger charge is 2.37. The summed E-state index contributed by atoms with van der Waals surface area (Å²) >= 11 is 0. The molecule has 0 spiro atoms. The lowest BCUT2D eigenvalue weighted by molar-refractivity contribution is 0.583. The molecule has 15 heavy (non-hydrogen) atoms. The molecule has 0 atom stereocenters. The molecule has 2 N–H and O–H groups in total. The Kier molecular flexibility index (Phi) is 1.96.